The van der Waals surface area contributed by atoms with Gasteiger partial charge in [0.2, 0.25) is 0 Å². The van der Waals surface area contributed by atoms with E-state index in [1.165, 1.54) is 6.07 Å². The van der Waals surface area contributed by atoms with Gasteiger partial charge in [0.15, 0.2) is 0 Å². The van der Waals surface area contributed by atoms with Gasteiger partial charge in [-0.2, -0.15) is 0 Å². The molecule has 1 saturated heterocycles. The molecule has 1 fully saturated rings. The van der Waals surface area contributed by atoms with Crippen molar-refractivity contribution in [3.63, 3.8) is 0 Å². The molecule has 1 heterocycles. The Morgan fingerprint density at radius 2 is 2.25 bits per heavy atom. The lowest BCUT2D eigenvalue weighted by atomic mass is 10.00. The summed E-state index contributed by atoms with van der Waals surface area (Å²) in [5, 5.41) is 13.8. The predicted octanol–water partition coefficient (Wildman–Crippen LogP) is 2.10. The molecule has 0 saturated carbocycles. The molecule has 0 atom stereocenters. The second-order valence-corrected chi connectivity index (χ2v) is 4.88. The van der Waals surface area contributed by atoms with E-state index in [9.17, 15) is 10.1 Å². The molecule has 6 heteroatoms. The van der Waals surface area contributed by atoms with Crippen LogP contribution in [0.25, 0.3) is 0 Å². The molecule has 2 rings (SSSR count). The maximum atomic E-state index is 10.7. The largest absolute Gasteiger partial charge is 0.485 e. The highest BCUT2D eigenvalue weighted by Gasteiger charge is 2.34. The number of nitro groups is 1. The third-order valence-corrected chi connectivity index (χ3v) is 3.15. The number of halogens is 1. The second-order valence-electron chi connectivity index (χ2n) is 4.03. The maximum Gasteiger partial charge on any atom is 0.287 e. The van der Waals surface area contributed by atoms with Gasteiger partial charge in [0, 0.05) is 13.1 Å². The van der Waals surface area contributed by atoms with Crippen molar-refractivity contribution in [1.29, 1.82) is 0 Å². The van der Waals surface area contributed by atoms with Gasteiger partial charge < -0.3 is 10.1 Å². The Bertz CT molecular complexity index is 432. The summed E-state index contributed by atoms with van der Waals surface area (Å²) in [6.07, 6.45) is 0. The van der Waals surface area contributed by atoms with E-state index in [4.69, 9.17) is 4.74 Å². The van der Waals surface area contributed by atoms with E-state index in [0.29, 0.717) is 10.2 Å². The molecule has 1 aliphatic heterocycles. The smallest absolute Gasteiger partial charge is 0.287 e. The van der Waals surface area contributed by atoms with Gasteiger partial charge in [0.25, 0.3) is 5.69 Å². The van der Waals surface area contributed by atoms with Gasteiger partial charge in [-0.05, 0) is 35.0 Å². The SMILES string of the molecule is CC1(Oc2ccc(Br)c([N+](=O)[O-])c2)CNC1. The minimum absolute atomic E-state index is 0.0217. The fraction of sp³-hybridized carbons (Fsp3) is 0.400. The molecule has 0 spiro atoms. The van der Waals surface area contributed by atoms with Crippen LogP contribution in [-0.4, -0.2) is 23.6 Å². The first-order chi connectivity index (χ1) is 7.50. The van der Waals surface area contributed by atoms with Crippen LogP contribution in [0.2, 0.25) is 0 Å². The van der Waals surface area contributed by atoms with E-state index in [-0.39, 0.29) is 11.3 Å². The maximum absolute atomic E-state index is 10.7. The lowest BCUT2D eigenvalue weighted by molar-refractivity contribution is -0.385. The number of hydrogen-bond acceptors (Lipinski definition) is 4. The van der Waals surface area contributed by atoms with Crippen molar-refractivity contribution < 1.29 is 9.66 Å². The molecule has 0 aliphatic carbocycles. The number of hydrogen-bond donors (Lipinski definition) is 1. The highest BCUT2D eigenvalue weighted by atomic mass is 79.9. The van der Waals surface area contributed by atoms with Crippen molar-refractivity contribution in [3.05, 3.63) is 32.8 Å². The zero-order valence-corrected chi connectivity index (χ0v) is 10.3. The molecule has 0 bridgehead atoms. The average Bonchev–Trinajstić information content (AvgIpc) is 2.18. The summed E-state index contributed by atoms with van der Waals surface area (Å²) in [5.74, 6) is 0.527. The molecule has 86 valence electrons. The van der Waals surface area contributed by atoms with Gasteiger partial charge in [0.05, 0.1) is 15.5 Å². The van der Waals surface area contributed by atoms with Crippen molar-refractivity contribution in [2.45, 2.75) is 12.5 Å². The lowest BCUT2D eigenvalue weighted by Crippen LogP contribution is -2.61. The Kier molecular flexibility index (Phi) is 2.86. The van der Waals surface area contributed by atoms with Crippen LogP contribution in [0, 0.1) is 10.1 Å². The second kappa shape index (κ2) is 4.03. The van der Waals surface area contributed by atoms with Crippen LogP contribution in [0.4, 0.5) is 5.69 Å². The topological polar surface area (TPSA) is 64.4 Å². The molecule has 1 aromatic rings. The lowest BCUT2D eigenvalue weighted by Gasteiger charge is -2.39. The fourth-order valence-corrected chi connectivity index (χ4v) is 1.92. The summed E-state index contributed by atoms with van der Waals surface area (Å²) in [5.41, 5.74) is -0.227. The summed E-state index contributed by atoms with van der Waals surface area (Å²) in [6, 6.07) is 4.79. The molecule has 0 radical (unpaired) electrons. The molecule has 1 N–H and O–H groups in total. The Balaban J connectivity index is 2.22. The third-order valence-electron chi connectivity index (χ3n) is 2.48. The summed E-state index contributed by atoms with van der Waals surface area (Å²) in [4.78, 5) is 10.3. The highest BCUT2D eigenvalue weighted by Crippen LogP contribution is 2.31. The van der Waals surface area contributed by atoms with Gasteiger partial charge in [-0.1, -0.05) is 0 Å². The van der Waals surface area contributed by atoms with Gasteiger partial charge >= 0.3 is 0 Å². The van der Waals surface area contributed by atoms with Crippen LogP contribution in [0.1, 0.15) is 6.92 Å². The summed E-state index contributed by atoms with van der Waals surface area (Å²) >= 11 is 3.13. The van der Waals surface area contributed by atoms with Gasteiger partial charge in [-0.25, -0.2) is 0 Å². The van der Waals surface area contributed by atoms with Crippen molar-refractivity contribution in [2.24, 2.45) is 0 Å². The van der Waals surface area contributed by atoms with Crippen molar-refractivity contribution in [3.8, 4) is 5.75 Å². The van der Waals surface area contributed by atoms with E-state index < -0.39 is 4.92 Å². The molecule has 1 aromatic carbocycles. The fourth-order valence-electron chi connectivity index (χ4n) is 1.53. The molecule has 0 unspecified atom stereocenters. The number of benzene rings is 1. The van der Waals surface area contributed by atoms with Gasteiger partial charge in [-0.3, -0.25) is 10.1 Å². The van der Waals surface area contributed by atoms with Gasteiger partial charge in [0.1, 0.15) is 11.4 Å². The molecular weight excluding hydrogens is 276 g/mol. The van der Waals surface area contributed by atoms with E-state index in [2.05, 4.69) is 21.2 Å². The molecule has 16 heavy (non-hydrogen) atoms. The molecular formula is C10H11BrN2O3. The number of ether oxygens (including phenoxy) is 1. The quantitative estimate of drug-likeness (QED) is 0.683. The number of nitrogens with zero attached hydrogens (tertiary/aromatic N) is 1. The molecule has 0 aromatic heterocycles. The number of nitrogens with one attached hydrogen (secondary N) is 1. The van der Waals surface area contributed by atoms with Crippen LogP contribution >= 0.6 is 15.9 Å². The van der Waals surface area contributed by atoms with Crippen LogP contribution in [0.15, 0.2) is 22.7 Å². The first-order valence-corrected chi connectivity index (χ1v) is 5.63. The summed E-state index contributed by atoms with van der Waals surface area (Å²) in [7, 11) is 0. The minimum atomic E-state index is -0.432. The van der Waals surface area contributed by atoms with E-state index >= 15 is 0 Å². The predicted molar refractivity (Wildman–Crippen MR) is 62.7 cm³/mol. The van der Waals surface area contributed by atoms with E-state index in [1.54, 1.807) is 12.1 Å². The molecule has 5 nitrogen and oxygen atoms in total. The van der Waals surface area contributed by atoms with Crippen LogP contribution in [-0.2, 0) is 0 Å². The summed E-state index contributed by atoms with van der Waals surface area (Å²) < 4.78 is 6.16. The molecule has 0 amide bonds. The Morgan fingerprint density at radius 1 is 1.56 bits per heavy atom. The Hall–Kier alpha value is -1.14. The zero-order chi connectivity index (χ0) is 11.8. The first-order valence-electron chi connectivity index (χ1n) is 4.84. The van der Waals surface area contributed by atoms with Crippen LogP contribution in [0.5, 0.6) is 5.75 Å². The third kappa shape index (κ3) is 2.17. The van der Waals surface area contributed by atoms with Crippen molar-refractivity contribution in [2.75, 3.05) is 13.1 Å². The normalized spacial score (nSPS) is 17.6. The Morgan fingerprint density at radius 3 is 2.75 bits per heavy atom. The van der Waals surface area contributed by atoms with Crippen molar-refractivity contribution in [1.82, 2.24) is 5.32 Å². The van der Waals surface area contributed by atoms with E-state index in [1.807, 2.05) is 6.92 Å². The first kappa shape index (κ1) is 11.3. The number of nitro benzene ring substituents is 1. The van der Waals surface area contributed by atoms with Crippen LogP contribution in [0.3, 0.4) is 0 Å². The minimum Gasteiger partial charge on any atom is -0.485 e. The highest BCUT2D eigenvalue weighted by molar-refractivity contribution is 9.10. The van der Waals surface area contributed by atoms with E-state index in [0.717, 1.165) is 13.1 Å². The summed E-state index contributed by atoms with van der Waals surface area (Å²) in [6.45, 7) is 3.49. The zero-order valence-electron chi connectivity index (χ0n) is 8.70. The van der Waals surface area contributed by atoms with Crippen molar-refractivity contribution >= 4 is 21.6 Å². The van der Waals surface area contributed by atoms with Crippen LogP contribution < -0.4 is 10.1 Å². The monoisotopic (exact) mass is 286 g/mol. The Labute approximate surface area is 101 Å². The molecule has 1 aliphatic rings. The number of rotatable bonds is 3. The average molecular weight is 287 g/mol. The standard InChI is InChI=1S/C10H11BrN2O3/c1-10(5-12-6-10)16-7-2-3-8(11)9(4-7)13(14)15/h2-4,12H,5-6H2,1H3. The van der Waals surface area contributed by atoms with Gasteiger partial charge in [-0.15, -0.1) is 0 Å².